The van der Waals surface area contributed by atoms with Crippen molar-refractivity contribution in [3.8, 4) is 0 Å². The predicted molar refractivity (Wildman–Crippen MR) is 83.8 cm³/mol. The molecule has 0 aromatic heterocycles. The monoisotopic (exact) mass is 291 g/mol. The summed E-state index contributed by atoms with van der Waals surface area (Å²) < 4.78 is 0. The third-order valence-electron chi connectivity index (χ3n) is 3.61. The highest BCUT2D eigenvalue weighted by Gasteiger charge is 2.23. The van der Waals surface area contributed by atoms with Crippen molar-refractivity contribution < 1.29 is 14.7 Å². The van der Waals surface area contributed by atoms with Gasteiger partial charge < -0.3 is 10.4 Å². The summed E-state index contributed by atoms with van der Waals surface area (Å²) in [5, 5.41) is 12.0. The van der Waals surface area contributed by atoms with Gasteiger partial charge in [-0.1, -0.05) is 52.0 Å². The lowest BCUT2D eigenvalue weighted by Crippen LogP contribution is -2.42. The maximum atomic E-state index is 12.4. The number of ketones is 1. The van der Waals surface area contributed by atoms with Crippen LogP contribution < -0.4 is 5.32 Å². The molecule has 0 saturated carbocycles. The largest absolute Gasteiger partial charge is 0.481 e. The standard InChI is InChI=1S/C17H25NO3/c1-5-12(4)13-6-8-14(9-7-13)17(21)15(10-16(19)20)18-11(2)3/h6-9,11-12,15,18H,5,10H2,1-4H3,(H,19,20). The van der Waals surface area contributed by atoms with E-state index in [0.717, 1.165) is 6.42 Å². The average Bonchev–Trinajstić information content (AvgIpc) is 2.44. The molecule has 0 bridgehead atoms. The number of nitrogens with one attached hydrogen (secondary N) is 1. The van der Waals surface area contributed by atoms with Crippen LogP contribution in [-0.2, 0) is 4.79 Å². The second kappa shape index (κ2) is 7.93. The summed E-state index contributed by atoms with van der Waals surface area (Å²) >= 11 is 0. The fourth-order valence-corrected chi connectivity index (χ4v) is 2.22. The van der Waals surface area contributed by atoms with Gasteiger partial charge in [-0.05, 0) is 17.9 Å². The van der Waals surface area contributed by atoms with Gasteiger partial charge in [0.15, 0.2) is 5.78 Å². The molecular weight excluding hydrogens is 266 g/mol. The Morgan fingerprint density at radius 2 is 1.71 bits per heavy atom. The number of carbonyl (C=O) groups excluding carboxylic acids is 1. The molecule has 0 saturated heterocycles. The molecule has 0 aliphatic carbocycles. The highest BCUT2D eigenvalue weighted by Crippen LogP contribution is 2.19. The van der Waals surface area contributed by atoms with Crippen molar-refractivity contribution in [3.05, 3.63) is 35.4 Å². The third-order valence-corrected chi connectivity index (χ3v) is 3.61. The number of carbonyl (C=O) groups is 2. The molecule has 1 aromatic rings. The Hall–Kier alpha value is -1.68. The molecule has 116 valence electrons. The summed E-state index contributed by atoms with van der Waals surface area (Å²) in [7, 11) is 0. The van der Waals surface area contributed by atoms with Gasteiger partial charge in [-0.15, -0.1) is 0 Å². The van der Waals surface area contributed by atoms with Crippen molar-refractivity contribution in [2.75, 3.05) is 0 Å². The number of rotatable bonds is 8. The molecule has 4 nitrogen and oxygen atoms in total. The van der Waals surface area contributed by atoms with Crippen molar-refractivity contribution in [2.24, 2.45) is 0 Å². The summed E-state index contributed by atoms with van der Waals surface area (Å²) in [6.45, 7) is 8.06. The topological polar surface area (TPSA) is 66.4 Å². The van der Waals surface area contributed by atoms with Gasteiger partial charge in [-0.2, -0.15) is 0 Å². The Bertz CT molecular complexity index is 479. The number of aliphatic carboxylic acids is 1. The van der Waals surface area contributed by atoms with E-state index in [4.69, 9.17) is 5.11 Å². The van der Waals surface area contributed by atoms with E-state index in [2.05, 4.69) is 19.2 Å². The molecule has 2 N–H and O–H groups in total. The molecular formula is C17H25NO3. The molecule has 0 amide bonds. The maximum absolute atomic E-state index is 12.4. The van der Waals surface area contributed by atoms with E-state index in [-0.39, 0.29) is 18.2 Å². The molecule has 0 radical (unpaired) electrons. The van der Waals surface area contributed by atoms with Gasteiger partial charge in [0.25, 0.3) is 0 Å². The summed E-state index contributed by atoms with van der Waals surface area (Å²) in [6.07, 6.45) is 0.841. The lowest BCUT2D eigenvalue weighted by molar-refractivity contribution is -0.137. The number of Topliss-reactive ketones (excluding diaryl/α,β-unsaturated/α-hetero) is 1. The highest BCUT2D eigenvalue weighted by molar-refractivity contribution is 6.01. The number of benzene rings is 1. The molecule has 0 aliphatic heterocycles. The first-order valence-electron chi connectivity index (χ1n) is 7.47. The average molecular weight is 291 g/mol. The number of hydrogen-bond acceptors (Lipinski definition) is 3. The van der Waals surface area contributed by atoms with Crippen LogP contribution in [0.2, 0.25) is 0 Å². The molecule has 0 aliphatic rings. The molecule has 21 heavy (non-hydrogen) atoms. The van der Waals surface area contributed by atoms with Crippen molar-refractivity contribution in [2.45, 2.75) is 58.5 Å². The van der Waals surface area contributed by atoms with Gasteiger partial charge in [0.2, 0.25) is 0 Å². The lowest BCUT2D eigenvalue weighted by Gasteiger charge is -2.19. The molecule has 2 atom stereocenters. The lowest BCUT2D eigenvalue weighted by atomic mass is 9.95. The van der Waals surface area contributed by atoms with Gasteiger partial charge in [0, 0.05) is 11.6 Å². The second-order valence-electron chi connectivity index (χ2n) is 5.77. The van der Waals surface area contributed by atoms with Crippen LogP contribution in [0.3, 0.4) is 0 Å². The normalized spacial score (nSPS) is 14.0. The molecule has 2 unspecified atom stereocenters. The number of carboxylic acids is 1. The van der Waals surface area contributed by atoms with Crippen LogP contribution >= 0.6 is 0 Å². The fourth-order valence-electron chi connectivity index (χ4n) is 2.22. The predicted octanol–water partition coefficient (Wildman–Crippen LogP) is 3.22. The molecule has 0 heterocycles. The molecule has 0 spiro atoms. The van der Waals surface area contributed by atoms with E-state index in [1.165, 1.54) is 5.56 Å². The Morgan fingerprint density at radius 3 is 2.14 bits per heavy atom. The smallest absolute Gasteiger partial charge is 0.305 e. The zero-order valence-corrected chi connectivity index (χ0v) is 13.2. The first-order chi connectivity index (χ1) is 9.85. The second-order valence-corrected chi connectivity index (χ2v) is 5.77. The SMILES string of the molecule is CCC(C)c1ccc(C(=O)C(CC(=O)O)NC(C)C)cc1. The minimum atomic E-state index is -0.974. The molecule has 0 fully saturated rings. The van der Waals surface area contributed by atoms with Crippen LogP contribution in [-0.4, -0.2) is 28.9 Å². The van der Waals surface area contributed by atoms with Crippen LogP contribution in [0.15, 0.2) is 24.3 Å². The highest BCUT2D eigenvalue weighted by atomic mass is 16.4. The van der Waals surface area contributed by atoms with Gasteiger partial charge in [0.1, 0.15) is 0 Å². The van der Waals surface area contributed by atoms with Crippen molar-refractivity contribution in [3.63, 3.8) is 0 Å². The molecule has 1 rings (SSSR count). The van der Waals surface area contributed by atoms with Gasteiger partial charge in [-0.3, -0.25) is 9.59 Å². The molecule has 1 aromatic carbocycles. The van der Waals surface area contributed by atoms with Crippen molar-refractivity contribution >= 4 is 11.8 Å². The minimum absolute atomic E-state index is 0.0534. The van der Waals surface area contributed by atoms with Crippen molar-refractivity contribution in [1.29, 1.82) is 0 Å². The van der Waals surface area contributed by atoms with Crippen LogP contribution in [0.1, 0.15) is 62.4 Å². The third kappa shape index (κ3) is 5.31. The van der Waals surface area contributed by atoms with E-state index < -0.39 is 12.0 Å². The van der Waals surface area contributed by atoms with Gasteiger partial charge >= 0.3 is 5.97 Å². The summed E-state index contributed by atoms with van der Waals surface area (Å²) in [4.78, 5) is 23.4. The summed E-state index contributed by atoms with van der Waals surface area (Å²) in [5.41, 5.74) is 1.75. The van der Waals surface area contributed by atoms with Crippen LogP contribution in [0.25, 0.3) is 0 Å². The zero-order valence-electron chi connectivity index (χ0n) is 13.2. The van der Waals surface area contributed by atoms with E-state index >= 15 is 0 Å². The Labute approximate surface area is 126 Å². The number of hydrogen-bond donors (Lipinski definition) is 2. The van der Waals surface area contributed by atoms with Crippen molar-refractivity contribution in [1.82, 2.24) is 5.32 Å². The van der Waals surface area contributed by atoms with Crippen LogP contribution in [0.4, 0.5) is 0 Å². The Kier molecular flexibility index (Phi) is 6.56. The first-order valence-corrected chi connectivity index (χ1v) is 7.47. The van der Waals surface area contributed by atoms with E-state index in [1.807, 2.05) is 26.0 Å². The van der Waals surface area contributed by atoms with E-state index in [0.29, 0.717) is 11.5 Å². The zero-order chi connectivity index (χ0) is 16.0. The van der Waals surface area contributed by atoms with Gasteiger partial charge in [-0.25, -0.2) is 0 Å². The van der Waals surface area contributed by atoms with E-state index in [1.54, 1.807) is 12.1 Å². The Morgan fingerprint density at radius 1 is 1.14 bits per heavy atom. The quantitative estimate of drug-likeness (QED) is 0.722. The van der Waals surface area contributed by atoms with Gasteiger partial charge in [0.05, 0.1) is 12.5 Å². The first kappa shape index (κ1) is 17.4. The maximum Gasteiger partial charge on any atom is 0.305 e. The minimum Gasteiger partial charge on any atom is -0.481 e. The molecule has 4 heteroatoms. The van der Waals surface area contributed by atoms with E-state index in [9.17, 15) is 9.59 Å². The fraction of sp³-hybridized carbons (Fsp3) is 0.529. The number of carboxylic acid groups (broad SMARTS) is 1. The summed E-state index contributed by atoms with van der Waals surface area (Å²) in [5.74, 6) is -0.683. The van der Waals surface area contributed by atoms with Crippen LogP contribution in [0, 0.1) is 0 Å². The summed E-state index contributed by atoms with van der Waals surface area (Å²) in [6, 6.07) is 6.86. The Balaban J connectivity index is 2.90. The van der Waals surface area contributed by atoms with Crippen LogP contribution in [0.5, 0.6) is 0 Å².